The first-order valence-electron chi connectivity index (χ1n) is 8.05. The molecule has 1 atom stereocenters. The van der Waals surface area contributed by atoms with Gasteiger partial charge < -0.3 is 4.90 Å². The molecule has 0 radical (unpaired) electrons. The zero-order valence-electron chi connectivity index (χ0n) is 13.7. The molecule has 0 aromatic carbocycles. The minimum Gasteiger partial charge on any atom is -0.309 e. The molecule has 0 saturated heterocycles. The number of hydrogen-bond donors (Lipinski definition) is 0. The van der Waals surface area contributed by atoms with Crippen LogP contribution in [0.25, 0.3) is 15.9 Å². The molecule has 1 aliphatic rings. The molecule has 0 bridgehead atoms. The number of aromatic nitrogens is 4. The molecule has 7 heteroatoms. The lowest BCUT2D eigenvalue weighted by Crippen LogP contribution is -2.15. The zero-order chi connectivity index (χ0) is 16.0. The maximum absolute atomic E-state index is 4.93. The lowest BCUT2D eigenvalue weighted by Gasteiger charge is -2.17. The van der Waals surface area contributed by atoms with Gasteiger partial charge in [0, 0.05) is 17.2 Å². The Hall–Kier alpha value is -1.18. The standard InChI is InChI=1S/C16H21N5S2/c1-10-4-5-12-11(8-10)13-14-17-9-18-21(14)16(19-15(13)23-12)22-7-6-20(2)3/h9-10H,4-8H2,1-3H3/t10-/m0/s1. The van der Waals surface area contributed by atoms with E-state index in [9.17, 15) is 0 Å². The predicted molar refractivity (Wildman–Crippen MR) is 96.6 cm³/mol. The van der Waals surface area contributed by atoms with Crippen molar-refractivity contribution in [2.75, 3.05) is 26.4 Å². The average molecular weight is 348 g/mol. The molecule has 3 aromatic heterocycles. The molecule has 5 nitrogen and oxygen atoms in total. The van der Waals surface area contributed by atoms with Crippen molar-refractivity contribution in [2.24, 2.45) is 5.92 Å². The Morgan fingerprint density at radius 3 is 3.13 bits per heavy atom. The Labute approximate surface area is 144 Å². The van der Waals surface area contributed by atoms with E-state index in [1.54, 1.807) is 18.1 Å². The Kier molecular flexibility index (Phi) is 4.03. The maximum Gasteiger partial charge on any atom is 0.192 e. The van der Waals surface area contributed by atoms with E-state index in [-0.39, 0.29) is 0 Å². The van der Waals surface area contributed by atoms with Crippen LogP contribution in [0.4, 0.5) is 0 Å². The molecule has 0 unspecified atom stereocenters. The van der Waals surface area contributed by atoms with Gasteiger partial charge in [-0.3, -0.25) is 0 Å². The number of thiophene rings is 1. The van der Waals surface area contributed by atoms with Crippen LogP contribution in [-0.2, 0) is 12.8 Å². The molecule has 0 amide bonds. The summed E-state index contributed by atoms with van der Waals surface area (Å²) in [6.07, 6.45) is 5.27. The lowest BCUT2D eigenvalue weighted by molar-refractivity contribution is 0.437. The molecule has 1 aliphatic carbocycles. The summed E-state index contributed by atoms with van der Waals surface area (Å²) in [6.45, 7) is 3.37. The van der Waals surface area contributed by atoms with Crippen LogP contribution in [0.15, 0.2) is 11.5 Å². The van der Waals surface area contributed by atoms with Gasteiger partial charge in [0.05, 0.1) is 5.39 Å². The summed E-state index contributed by atoms with van der Waals surface area (Å²) in [7, 11) is 4.19. The van der Waals surface area contributed by atoms with E-state index < -0.39 is 0 Å². The molecular formula is C16H21N5S2. The SMILES string of the molecule is C[C@H]1CCc2sc3nc(SCCN(C)C)n4ncnc4c3c2C1. The third kappa shape index (κ3) is 2.75. The summed E-state index contributed by atoms with van der Waals surface area (Å²) in [6, 6.07) is 0. The molecule has 0 spiro atoms. The number of nitrogens with zero attached hydrogens (tertiary/aromatic N) is 5. The third-order valence-corrected chi connectivity index (χ3v) is 6.50. The molecule has 4 rings (SSSR count). The number of aryl methyl sites for hydroxylation is 1. The van der Waals surface area contributed by atoms with Gasteiger partial charge in [-0.05, 0) is 44.8 Å². The van der Waals surface area contributed by atoms with E-state index in [0.29, 0.717) is 0 Å². The van der Waals surface area contributed by atoms with Crippen LogP contribution in [0, 0.1) is 5.92 Å². The van der Waals surface area contributed by atoms with Gasteiger partial charge >= 0.3 is 0 Å². The van der Waals surface area contributed by atoms with Crippen LogP contribution in [0.2, 0.25) is 0 Å². The molecule has 23 heavy (non-hydrogen) atoms. The number of fused-ring (bicyclic) bond motifs is 5. The normalized spacial score (nSPS) is 18.2. The van der Waals surface area contributed by atoms with Crippen LogP contribution < -0.4 is 0 Å². The van der Waals surface area contributed by atoms with E-state index in [0.717, 1.165) is 40.3 Å². The summed E-state index contributed by atoms with van der Waals surface area (Å²) >= 11 is 3.62. The smallest absolute Gasteiger partial charge is 0.192 e. The van der Waals surface area contributed by atoms with E-state index in [1.165, 1.54) is 28.7 Å². The Bertz CT molecular complexity index is 851. The van der Waals surface area contributed by atoms with Gasteiger partial charge in [-0.1, -0.05) is 18.7 Å². The van der Waals surface area contributed by atoms with Crippen molar-refractivity contribution in [1.82, 2.24) is 24.5 Å². The summed E-state index contributed by atoms with van der Waals surface area (Å²) in [4.78, 5) is 14.3. The van der Waals surface area contributed by atoms with Crippen molar-refractivity contribution >= 4 is 39.0 Å². The van der Waals surface area contributed by atoms with Gasteiger partial charge in [0.25, 0.3) is 0 Å². The quantitative estimate of drug-likeness (QED) is 0.536. The van der Waals surface area contributed by atoms with Crippen molar-refractivity contribution in [2.45, 2.75) is 31.3 Å². The third-order valence-electron chi connectivity index (χ3n) is 4.41. The number of thioether (sulfide) groups is 1. The molecule has 0 saturated carbocycles. The Balaban J connectivity index is 1.81. The van der Waals surface area contributed by atoms with E-state index in [1.807, 2.05) is 15.9 Å². The lowest BCUT2D eigenvalue weighted by atomic mass is 9.89. The van der Waals surface area contributed by atoms with Crippen molar-refractivity contribution in [3.63, 3.8) is 0 Å². The maximum atomic E-state index is 4.93. The van der Waals surface area contributed by atoms with Gasteiger partial charge in [-0.25, -0.2) is 9.97 Å². The average Bonchev–Trinajstić information content (AvgIpc) is 3.10. The van der Waals surface area contributed by atoms with Gasteiger partial charge in [0.15, 0.2) is 10.8 Å². The fraction of sp³-hybridized carbons (Fsp3) is 0.562. The van der Waals surface area contributed by atoms with E-state index >= 15 is 0 Å². The highest BCUT2D eigenvalue weighted by Crippen LogP contribution is 2.39. The van der Waals surface area contributed by atoms with Crippen molar-refractivity contribution in [3.05, 3.63) is 16.8 Å². The first kappa shape index (κ1) is 15.4. The highest BCUT2D eigenvalue weighted by molar-refractivity contribution is 7.99. The van der Waals surface area contributed by atoms with Gasteiger partial charge in [-0.2, -0.15) is 9.61 Å². The minimum atomic E-state index is 0.748. The highest BCUT2D eigenvalue weighted by atomic mass is 32.2. The van der Waals surface area contributed by atoms with Gasteiger partial charge in [-0.15, -0.1) is 11.3 Å². The molecule has 0 N–H and O–H groups in total. The first-order chi connectivity index (χ1) is 11.1. The summed E-state index contributed by atoms with van der Waals surface area (Å²) in [5.74, 6) is 1.75. The Morgan fingerprint density at radius 1 is 1.43 bits per heavy atom. The summed E-state index contributed by atoms with van der Waals surface area (Å²) in [5, 5.41) is 6.63. The van der Waals surface area contributed by atoms with Crippen LogP contribution in [-0.4, -0.2) is 50.9 Å². The van der Waals surface area contributed by atoms with Crippen LogP contribution >= 0.6 is 23.1 Å². The molecule has 0 fully saturated rings. The second-order valence-corrected chi connectivity index (χ2v) is 8.72. The molecule has 0 aliphatic heterocycles. The van der Waals surface area contributed by atoms with Crippen LogP contribution in [0.3, 0.4) is 0 Å². The van der Waals surface area contributed by atoms with Crippen molar-refractivity contribution < 1.29 is 0 Å². The first-order valence-corrected chi connectivity index (χ1v) is 9.85. The summed E-state index contributed by atoms with van der Waals surface area (Å²) in [5.41, 5.74) is 2.45. The monoisotopic (exact) mass is 347 g/mol. The van der Waals surface area contributed by atoms with Gasteiger partial charge in [0.1, 0.15) is 11.2 Å². The van der Waals surface area contributed by atoms with Crippen molar-refractivity contribution in [1.29, 1.82) is 0 Å². The summed E-state index contributed by atoms with van der Waals surface area (Å²) < 4.78 is 1.93. The van der Waals surface area contributed by atoms with Crippen LogP contribution in [0.1, 0.15) is 23.8 Å². The second kappa shape index (κ2) is 6.03. The van der Waals surface area contributed by atoms with Crippen molar-refractivity contribution in [3.8, 4) is 0 Å². The number of rotatable bonds is 4. The van der Waals surface area contributed by atoms with E-state index in [2.05, 4.69) is 36.0 Å². The fourth-order valence-corrected chi connectivity index (χ4v) is 5.47. The van der Waals surface area contributed by atoms with Crippen LogP contribution in [0.5, 0.6) is 0 Å². The topological polar surface area (TPSA) is 46.3 Å². The highest BCUT2D eigenvalue weighted by Gasteiger charge is 2.24. The molecule has 3 aromatic rings. The fourth-order valence-electron chi connectivity index (χ4n) is 3.15. The number of hydrogen-bond acceptors (Lipinski definition) is 6. The zero-order valence-corrected chi connectivity index (χ0v) is 15.4. The largest absolute Gasteiger partial charge is 0.309 e. The Morgan fingerprint density at radius 2 is 2.30 bits per heavy atom. The molecule has 122 valence electrons. The van der Waals surface area contributed by atoms with Gasteiger partial charge in [0.2, 0.25) is 0 Å². The minimum absolute atomic E-state index is 0.748. The molecule has 3 heterocycles. The van der Waals surface area contributed by atoms with E-state index in [4.69, 9.17) is 4.98 Å². The molecular weight excluding hydrogens is 326 g/mol. The predicted octanol–water partition coefficient (Wildman–Crippen LogP) is 3.12. The second-order valence-electron chi connectivity index (χ2n) is 6.57.